The number of ether oxygens (including phenoxy) is 1. The Kier molecular flexibility index (Phi) is 9.78. The molecule has 0 radical (unpaired) electrons. The van der Waals surface area contributed by atoms with Crippen molar-refractivity contribution in [3.63, 3.8) is 0 Å². The van der Waals surface area contributed by atoms with Gasteiger partial charge in [0.05, 0.1) is 0 Å². The van der Waals surface area contributed by atoms with Gasteiger partial charge in [-0.15, -0.1) is 0 Å². The number of carbonyl (C=O) groups excluding carboxylic acids is 3. The molecule has 8 nitrogen and oxygen atoms in total. The zero-order chi connectivity index (χ0) is 31.5. The third-order valence-corrected chi connectivity index (χ3v) is 11.1. The number of hydrogen-bond acceptors (Lipinski definition) is 7. The number of aromatic nitrogens is 2. The van der Waals surface area contributed by atoms with Crippen LogP contribution in [0, 0.1) is 5.41 Å². The van der Waals surface area contributed by atoms with Crippen molar-refractivity contribution in [1.82, 2.24) is 20.0 Å². The molecule has 0 bridgehead atoms. The first-order valence-corrected chi connectivity index (χ1v) is 18.0. The summed E-state index contributed by atoms with van der Waals surface area (Å²) in [6.45, 7) is 13.2. The predicted octanol–water partition coefficient (Wildman–Crippen LogP) is 5.68. The molecule has 0 saturated carbocycles. The van der Waals surface area contributed by atoms with E-state index >= 15 is 0 Å². The number of piperidine rings is 1. The van der Waals surface area contributed by atoms with Gasteiger partial charge in [-0.05, 0) is 0 Å². The zero-order valence-corrected chi connectivity index (χ0v) is 29.0. The molecule has 1 atom stereocenters. The van der Waals surface area contributed by atoms with Crippen molar-refractivity contribution in [2.75, 3.05) is 19.7 Å². The van der Waals surface area contributed by atoms with Crippen molar-refractivity contribution in [1.29, 1.82) is 0 Å². The van der Waals surface area contributed by atoms with E-state index in [0.717, 1.165) is 25.2 Å². The van der Waals surface area contributed by atoms with E-state index in [1.165, 1.54) is 40.8 Å². The van der Waals surface area contributed by atoms with Gasteiger partial charge in [-0.2, -0.15) is 0 Å². The normalized spacial score (nSPS) is 14.8. The summed E-state index contributed by atoms with van der Waals surface area (Å²) in [7, 11) is 0. The number of nitrogens with zero attached hydrogens (tertiary/aromatic N) is 3. The predicted molar refractivity (Wildman–Crippen MR) is 177 cm³/mol. The zero-order valence-electron chi connectivity index (χ0n) is 26.1. The van der Waals surface area contributed by atoms with Gasteiger partial charge >= 0.3 is 271 Å². The second-order valence-corrected chi connectivity index (χ2v) is 16.6. The number of thiophene rings is 1. The molecule has 1 N–H and O–H groups in total. The van der Waals surface area contributed by atoms with Crippen LogP contribution in [0.25, 0.3) is 10.2 Å². The van der Waals surface area contributed by atoms with Gasteiger partial charge < -0.3 is 0 Å². The van der Waals surface area contributed by atoms with Crippen molar-refractivity contribution in [3.05, 3.63) is 82.2 Å². The van der Waals surface area contributed by atoms with E-state index in [0.29, 0.717) is 25.1 Å². The molecule has 1 unspecified atom stereocenters. The SMILES string of the molecule is CC(C)(C)COC(=O)n1nc([AsH]C(=O)c2ccc(CN3CCCCC3)cc2)c2cc(C(=O)NC(C)(C)c3ccccc3)sc21. The van der Waals surface area contributed by atoms with Gasteiger partial charge in [0, 0.05) is 0 Å². The van der Waals surface area contributed by atoms with E-state index < -0.39 is 27.4 Å². The van der Waals surface area contributed by atoms with Crippen LogP contribution in [0.3, 0.4) is 0 Å². The first-order chi connectivity index (χ1) is 20.9. The third-order valence-electron chi connectivity index (χ3n) is 7.61. The summed E-state index contributed by atoms with van der Waals surface area (Å²) in [4.78, 5) is 43.5. The minimum atomic E-state index is -1.44. The van der Waals surface area contributed by atoms with Crippen LogP contribution in [0.4, 0.5) is 4.79 Å². The summed E-state index contributed by atoms with van der Waals surface area (Å²) in [6, 6.07) is 19.4. The molecule has 1 fully saturated rings. The number of carbonyl (C=O) groups is 3. The van der Waals surface area contributed by atoms with Crippen LogP contribution in [0.15, 0.2) is 60.7 Å². The van der Waals surface area contributed by atoms with Gasteiger partial charge in [0.2, 0.25) is 0 Å². The van der Waals surface area contributed by atoms with Crippen LogP contribution < -0.4 is 9.80 Å². The van der Waals surface area contributed by atoms with Gasteiger partial charge in [0.25, 0.3) is 0 Å². The summed E-state index contributed by atoms with van der Waals surface area (Å²) in [6.07, 6.45) is 3.16. The van der Waals surface area contributed by atoms with Crippen LogP contribution in [0.2, 0.25) is 0 Å². The van der Waals surface area contributed by atoms with Crippen LogP contribution in [0.1, 0.15) is 85.0 Å². The molecule has 3 heterocycles. The van der Waals surface area contributed by atoms with E-state index in [9.17, 15) is 14.4 Å². The molecule has 1 amide bonds. The molecule has 1 saturated heterocycles. The van der Waals surface area contributed by atoms with Gasteiger partial charge in [0.1, 0.15) is 0 Å². The average molecular weight is 677 g/mol. The quantitative estimate of drug-likeness (QED) is 0.230. The van der Waals surface area contributed by atoms with E-state index in [1.807, 2.05) is 89.2 Å². The van der Waals surface area contributed by atoms with Gasteiger partial charge in [-0.1, -0.05) is 0 Å². The van der Waals surface area contributed by atoms with Crippen LogP contribution in [0.5, 0.6) is 0 Å². The van der Waals surface area contributed by atoms with Crippen LogP contribution >= 0.6 is 11.3 Å². The monoisotopic (exact) mass is 676 g/mol. The van der Waals surface area contributed by atoms with Crippen molar-refractivity contribution < 1.29 is 19.1 Å². The van der Waals surface area contributed by atoms with Crippen molar-refractivity contribution >= 4 is 58.4 Å². The van der Waals surface area contributed by atoms with Crippen molar-refractivity contribution in [2.24, 2.45) is 5.41 Å². The molecular weight excluding hydrogens is 635 g/mol. The summed E-state index contributed by atoms with van der Waals surface area (Å²) in [5, 5.41) is 8.35. The fraction of sp³-hybridized carbons (Fsp3) is 0.412. The number of likely N-dealkylation sites (tertiary alicyclic amines) is 1. The molecule has 1 aliphatic heterocycles. The van der Waals surface area contributed by atoms with E-state index in [2.05, 4.69) is 15.3 Å². The van der Waals surface area contributed by atoms with Crippen LogP contribution in [-0.2, 0) is 16.8 Å². The molecule has 1 aliphatic rings. The standard InChI is InChI=1S/C34H41AsN4O4S/c1-33(2,3)22-43-32(42)39-31-26(20-27(44-31)30(41)36-34(4,5)25-12-8-6-9-13-25)28(37-39)35-29(40)24-16-14-23(15-17-24)21-38-18-10-7-11-19-38/h6,8-9,12-17,20,35H,7,10-11,18-19,21-22H2,1-5H3,(H,36,41). The molecule has 0 aliphatic carbocycles. The van der Waals surface area contributed by atoms with Gasteiger partial charge in [0.15, 0.2) is 0 Å². The Morgan fingerprint density at radius 1 is 0.955 bits per heavy atom. The van der Waals surface area contributed by atoms with Gasteiger partial charge in [-0.3, -0.25) is 0 Å². The molecule has 2 aromatic carbocycles. The Morgan fingerprint density at radius 3 is 2.30 bits per heavy atom. The number of amides is 1. The fourth-order valence-corrected chi connectivity index (χ4v) is 8.45. The number of fused-ring (bicyclic) bond motifs is 1. The third kappa shape index (κ3) is 7.87. The average Bonchev–Trinajstić information content (AvgIpc) is 3.57. The molecule has 232 valence electrons. The van der Waals surface area contributed by atoms with Crippen molar-refractivity contribution in [3.8, 4) is 0 Å². The maximum atomic E-state index is 13.5. The van der Waals surface area contributed by atoms with Crippen LogP contribution in [-0.4, -0.2) is 66.7 Å². The maximum absolute atomic E-state index is 13.5. The Morgan fingerprint density at radius 2 is 1.64 bits per heavy atom. The second kappa shape index (κ2) is 13.4. The molecule has 44 heavy (non-hydrogen) atoms. The topological polar surface area (TPSA) is 93.5 Å². The molecule has 10 heteroatoms. The Labute approximate surface area is 269 Å². The number of rotatable bonds is 9. The first kappa shape index (κ1) is 32.1. The molecule has 0 spiro atoms. The number of hydrogen-bond donors (Lipinski definition) is 1. The minimum absolute atomic E-state index is 0.0199. The van der Waals surface area contributed by atoms with Crippen molar-refractivity contribution in [2.45, 2.75) is 66.0 Å². The molecule has 5 rings (SSSR count). The molecule has 2 aromatic heterocycles. The van der Waals surface area contributed by atoms with Gasteiger partial charge in [-0.25, -0.2) is 0 Å². The first-order valence-electron chi connectivity index (χ1n) is 15.1. The summed E-state index contributed by atoms with van der Waals surface area (Å²) >= 11 is -0.255. The van der Waals surface area contributed by atoms with E-state index in [-0.39, 0.29) is 22.5 Å². The van der Waals surface area contributed by atoms with E-state index in [1.54, 1.807) is 6.07 Å². The second-order valence-electron chi connectivity index (χ2n) is 13.1. The Balaban J connectivity index is 1.39. The Hall–Kier alpha value is -3.26. The number of benzene rings is 2. The molecule has 4 aromatic rings. The summed E-state index contributed by atoms with van der Waals surface area (Å²) < 4.78 is 7.38. The summed E-state index contributed by atoms with van der Waals surface area (Å²) in [5.41, 5.74) is 1.98. The van der Waals surface area contributed by atoms with E-state index in [4.69, 9.17) is 4.74 Å². The molecular formula is C34H41AsN4O4S. The number of nitrogens with one attached hydrogen (secondary N) is 1. The Bertz CT molecular complexity index is 1630. The fourth-order valence-electron chi connectivity index (χ4n) is 5.16. The summed E-state index contributed by atoms with van der Waals surface area (Å²) in [5.74, 6) is -0.253.